The maximum atomic E-state index is 12.8. The number of nitrogens with one attached hydrogen (secondary N) is 1. The van der Waals surface area contributed by atoms with Crippen molar-refractivity contribution in [2.24, 2.45) is 0 Å². The first-order chi connectivity index (χ1) is 9.25. The van der Waals surface area contributed by atoms with Gasteiger partial charge in [-0.15, -0.1) is 23.7 Å². The van der Waals surface area contributed by atoms with E-state index < -0.39 is 5.60 Å². The first-order valence-electron chi connectivity index (χ1n) is 6.86. The van der Waals surface area contributed by atoms with E-state index in [-0.39, 0.29) is 18.3 Å². The fourth-order valence-corrected chi connectivity index (χ4v) is 3.94. The Bertz CT molecular complexity index is 471. The summed E-state index contributed by atoms with van der Waals surface area (Å²) >= 11 is 1.80. The summed E-state index contributed by atoms with van der Waals surface area (Å²) in [7, 11) is 1.67. The summed E-state index contributed by atoms with van der Waals surface area (Å²) in [5.41, 5.74) is 0.712. The highest BCUT2D eigenvalue weighted by molar-refractivity contribution is 7.10. The Morgan fingerprint density at radius 3 is 2.90 bits per heavy atom. The van der Waals surface area contributed by atoms with Crippen molar-refractivity contribution in [2.75, 3.05) is 26.7 Å². The first kappa shape index (κ1) is 15.8. The first-order valence-corrected chi connectivity index (χ1v) is 7.74. The van der Waals surface area contributed by atoms with Crippen molar-refractivity contribution in [2.45, 2.75) is 31.4 Å². The van der Waals surface area contributed by atoms with Crippen LogP contribution in [0.15, 0.2) is 11.4 Å². The monoisotopic (exact) mass is 316 g/mol. The molecule has 0 bridgehead atoms. The summed E-state index contributed by atoms with van der Waals surface area (Å²) in [6.07, 6.45) is 2.53. The number of thiophene rings is 1. The zero-order chi connectivity index (χ0) is 13.3. The van der Waals surface area contributed by atoms with Crippen LogP contribution in [0.5, 0.6) is 0 Å². The van der Waals surface area contributed by atoms with E-state index in [0.717, 1.165) is 45.4 Å². The van der Waals surface area contributed by atoms with Gasteiger partial charge in [0.05, 0.1) is 0 Å². The van der Waals surface area contributed by atoms with Crippen LogP contribution >= 0.6 is 23.7 Å². The number of halogens is 1. The van der Waals surface area contributed by atoms with E-state index >= 15 is 0 Å². The molecule has 1 amide bonds. The number of amides is 1. The quantitative estimate of drug-likeness (QED) is 0.905. The van der Waals surface area contributed by atoms with Gasteiger partial charge in [-0.25, -0.2) is 0 Å². The van der Waals surface area contributed by atoms with Crippen molar-refractivity contribution >= 4 is 29.7 Å². The van der Waals surface area contributed by atoms with Crippen LogP contribution in [0.25, 0.3) is 0 Å². The van der Waals surface area contributed by atoms with Crippen LogP contribution in [-0.2, 0) is 22.5 Å². The van der Waals surface area contributed by atoms with Gasteiger partial charge in [0.1, 0.15) is 5.60 Å². The molecule has 2 aliphatic heterocycles. The second-order valence-electron chi connectivity index (χ2n) is 5.29. The molecule has 1 N–H and O–H groups in total. The maximum absolute atomic E-state index is 12.8. The minimum Gasteiger partial charge on any atom is -0.368 e. The molecule has 1 aromatic rings. The van der Waals surface area contributed by atoms with E-state index in [9.17, 15) is 4.79 Å². The van der Waals surface area contributed by atoms with Crippen molar-refractivity contribution in [3.8, 4) is 0 Å². The highest BCUT2D eigenvalue weighted by Crippen LogP contribution is 2.30. The van der Waals surface area contributed by atoms with Gasteiger partial charge in [0.2, 0.25) is 0 Å². The Morgan fingerprint density at radius 2 is 2.20 bits per heavy atom. The number of rotatable bonds is 2. The Kier molecular flexibility index (Phi) is 5.07. The predicted molar refractivity (Wildman–Crippen MR) is 82.5 cm³/mol. The zero-order valence-corrected chi connectivity index (χ0v) is 13.3. The fourth-order valence-electron chi connectivity index (χ4n) is 3.05. The molecule has 0 saturated carbocycles. The predicted octanol–water partition coefficient (Wildman–Crippen LogP) is 1.82. The summed E-state index contributed by atoms with van der Waals surface area (Å²) in [5.74, 6) is 0.174. The number of ether oxygens (including phenoxy) is 1. The van der Waals surface area contributed by atoms with E-state index in [1.54, 1.807) is 18.4 Å². The van der Waals surface area contributed by atoms with Gasteiger partial charge in [-0.1, -0.05) is 0 Å². The van der Waals surface area contributed by atoms with Crippen LogP contribution in [0, 0.1) is 0 Å². The zero-order valence-electron chi connectivity index (χ0n) is 11.7. The Balaban J connectivity index is 0.00000147. The normalized spacial score (nSPS) is 20.9. The van der Waals surface area contributed by atoms with Gasteiger partial charge in [-0.3, -0.25) is 4.79 Å². The van der Waals surface area contributed by atoms with Crippen molar-refractivity contribution in [1.29, 1.82) is 0 Å². The van der Waals surface area contributed by atoms with Crippen molar-refractivity contribution < 1.29 is 9.53 Å². The molecule has 112 valence electrons. The molecule has 1 aromatic heterocycles. The third-order valence-corrected chi connectivity index (χ3v) is 5.31. The summed E-state index contributed by atoms with van der Waals surface area (Å²) in [6.45, 7) is 3.29. The molecule has 1 saturated heterocycles. The molecule has 0 radical (unpaired) electrons. The van der Waals surface area contributed by atoms with Gasteiger partial charge >= 0.3 is 0 Å². The summed E-state index contributed by atoms with van der Waals surface area (Å²) in [5, 5.41) is 5.41. The van der Waals surface area contributed by atoms with E-state index in [4.69, 9.17) is 4.74 Å². The van der Waals surface area contributed by atoms with Gasteiger partial charge in [0.25, 0.3) is 5.91 Å². The Hall–Kier alpha value is -0.620. The highest BCUT2D eigenvalue weighted by Gasteiger charge is 2.43. The second-order valence-corrected chi connectivity index (χ2v) is 6.29. The standard InChI is InChI=1S/C14H20N2O2S.ClH/c1-18-14(4-6-15-7-5-14)13(17)16-8-2-12-11(10-16)3-9-19-12;/h3,9,15H,2,4-8,10H2,1H3;1H. The van der Waals surface area contributed by atoms with Crippen LogP contribution in [-0.4, -0.2) is 43.2 Å². The molecule has 0 aromatic carbocycles. The van der Waals surface area contributed by atoms with E-state index in [2.05, 4.69) is 16.8 Å². The number of hydrogen-bond acceptors (Lipinski definition) is 4. The fraction of sp³-hybridized carbons (Fsp3) is 0.643. The molecule has 0 aliphatic carbocycles. The Labute approximate surface area is 129 Å². The molecular formula is C14H21ClN2O2S. The lowest BCUT2D eigenvalue weighted by Gasteiger charge is -2.40. The molecule has 0 atom stereocenters. The molecule has 0 unspecified atom stereocenters. The third kappa shape index (κ3) is 2.72. The van der Waals surface area contributed by atoms with Crippen LogP contribution in [0.2, 0.25) is 0 Å². The van der Waals surface area contributed by atoms with Crippen molar-refractivity contribution in [3.63, 3.8) is 0 Å². The molecule has 1 fully saturated rings. The van der Waals surface area contributed by atoms with E-state index in [1.165, 1.54) is 10.4 Å². The number of piperidine rings is 1. The number of carbonyl (C=O) groups excluding carboxylic acids is 1. The highest BCUT2D eigenvalue weighted by atomic mass is 35.5. The average Bonchev–Trinajstić information content (AvgIpc) is 2.94. The molecule has 3 rings (SSSR count). The molecule has 4 nitrogen and oxygen atoms in total. The second kappa shape index (κ2) is 6.43. The van der Waals surface area contributed by atoms with Crippen molar-refractivity contribution in [1.82, 2.24) is 10.2 Å². The third-order valence-electron chi connectivity index (χ3n) is 4.29. The SMILES string of the molecule is COC1(C(=O)N2CCc3sccc3C2)CCNCC1.Cl. The number of hydrogen-bond donors (Lipinski definition) is 1. The lowest BCUT2D eigenvalue weighted by molar-refractivity contribution is -0.159. The summed E-state index contributed by atoms with van der Waals surface area (Å²) in [6, 6.07) is 2.14. The van der Waals surface area contributed by atoms with Crippen LogP contribution in [0.3, 0.4) is 0 Å². The topological polar surface area (TPSA) is 41.6 Å². The minimum absolute atomic E-state index is 0. The molecule has 3 heterocycles. The lowest BCUT2D eigenvalue weighted by atomic mass is 9.89. The Morgan fingerprint density at radius 1 is 1.45 bits per heavy atom. The molecule has 20 heavy (non-hydrogen) atoms. The van der Waals surface area contributed by atoms with Gasteiger partial charge in [0, 0.05) is 25.1 Å². The van der Waals surface area contributed by atoms with Gasteiger partial charge in [0.15, 0.2) is 0 Å². The number of nitrogens with zero attached hydrogens (tertiary/aromatic N) is 1. The minimum atomic E-state index is -0.598. The smallest absolute Gasteiger partial charge is 0.255 e. The largest absolute Gasteiger partial charge is 0.368 e. The van der Waals surface area contributed by atoms with Gasteiger partial charge in [-0.2, -0.15) is 0 Å². The van der Waals surface area contributed by atoms with Gasteiger partial charge in [-0.05, 0) is 49.4 Å². The number of fused-ring (bicyclic) bond motifs is 1. The van der Waals surface area contributed by atoms with Crippen LogP contribution < -0.4 is 5.32 Å². The van der Waals surface area contributed by atoms with E-state index in [0.29, 0.717) is 0 Å². The van der Waals surface area contributed by atoms with Crippen LogP contribution in [0.1, 0.15) is 23.3 Å². The molecule has 6 heteroatoms. The molecule has 2 aliphatic rings. The molecular weight excluding hydrogens is 296 g/mol. The average molecular weight is 317 g/mol. The lowest BCUT2D eigenvalue weighted by Crippen LogP contribution is -2.56. The van der Waals surface area contributed by atoms with Crippen molar-refractivity contribution in [3.05, 3.63) is 21.9 Å². The maximum Gasteiger partial charge on any atom is 0.255 e. The summed E-state index contributed by atoms with van der Waals surface area (Å²) in [4.78, 5) is 16.2. The summed E-state index contributed by atoms with van der Waals surface area (Å²) < 4.78 is 5.63. The number of methoxy groups -OCH3 is 1. The number of carbonyl (C=O) groups is 1. The van der Waals surface area contributed by atoms with E-state index in [1.807, 2.05) is 4.90 Å². The van der Waals surface area contributed by atoms with Gasteiger partial charge < -0.3 is 15.0 Å². The van der Waals surface area contributed by atoms with Crippen LogP contribution in [0.4, 0.5) is 0 Å². The molecule has 0 spiro atoms.